The molecule has 0 saturated carbocycles. The molecular formula is C126H90N2O4. The first-order valence-corrected chi connectivity index (χ1v) is 46.0. The first-order chi connectivity index (χ1) is 64.4. The Kier molecular flexibility index (Phi) is 16.8. The van der Waals surface area contributed by atoms with Crippen LogP contribution in [0.1, 0.15) is 99.9 Å². The molecule has 0 atom stereocenters. The van der Waals surface area contributed by atoms with Crippen LogP contribution < -0.4 is 9.80 Å². The third-order valence-corrected chi connectivity index (χ3v) is 29.8. The van der Waals surface area contributed by atoms with Gasteiger partial charge in [-0.3, -0.25) is 0 Å². The zero-order valence-electron chi connectivity index (χ0n) is 74.6. The van der Waals surface area contributed by atoms with Crippen LogP contribution in [0.5, 0.6) is 0 Å². The summed E-state index contributed by atoms with van der Waals surface area (Å²) in [7, 11) is 0. The van der Waals surface area contributed by atoms with E-state index in [0.29, 0.717) is 0 Å². The highest BCUT2D eigenvalue weighted by atomic mass is 16.3. The van der Waals surface area contributed by atoms with Crippen molar-refractivity contribution in [3.63, 3.8) is 0 Å². The van der Waals surface area contributed by atoms with E-state index >= 15 is 0 Å². The number of nitrogens with zero attached hydrogens (tertiary/aromatic N) is 2. The van der Waals surface area contributed by atoms with Crippen molar-refractivity contribution < 1.29 is 17.7 Å². The van der Waals surface area contributed by atoms with Gasteiger partial charge in [0.2, 0.25) is 0 Å². The van der Waals surface area contributed by atoms with Crippen LogP contribution in [0.4, 0.5) is 34.1 Å². The Morgan fingerprint density at radius 3 is 0.614 bits per heavy atom. The lowest BCUT2D eigenvalue weighted by molar-refractivity contribution is 0.660. The third kappa shape index (κ3) is 11.9. The lowest BCUT2D eigenvalue weighted by Crippen LogP contribution is -2.18. The molecule has 23 aromatic rings. The maximum absolute atomic E-state index is 6.19. The van der Waals surface area contributed by atoms with Crippen molar-refractivity contribution in [2.75, 3.05) is 9.80 Å². The fraction of sp³-hybridized carbons (Fsp3) is 0.0952. The zero-order chi connectivity index (χ0) is 88.4. The first-order valence-electron chi connectivity index (χ1n) is 46.0. The second kappa shape index (κ2) is 28.7. The molecule has 6 nitrogen and oxygen atoms in total. The first kappa shape index (κ1) is 77.1. The Bertz CT molecular complexity index is 8340. The summed E-state index contributed by atoms with van der Waals surface area (Å²) in [5, 5.41) is 9.19. The summed E-state index contributed by atoms with van der Waals surface area (Å²) >= 11 is 0. The van der Waals surface area contributed by atoms with Gasteiger partial charge in [-0.2, -0.15) is 0 Å². The highest BCUT2D eigenvalue weighted by Crippen LogP contribution is 2.59. The topological polar surface area (TPSA) is 59.0 Å². The van der Waals surface area contributed by atoms with Crippen molar-refractivity contribution in [3.8, 4) is 100 Å². The van der Waals surface area contributed by atoms with Gasteiger partial charge in [-0.1, -0.05) is 286 Å². The number of hydrogen-bond donors (Lipinski definition) is 0. The van der Waals surface area contributed by atoms with Crippen LogP contribution in [0, 0.1) is 0 Å². The quantitative estimate of drug-likeness (QED) is 0.129. The van der Waals surface area contributed by atoms with Gasteiger partial charge in [0.1, 0.15) is 44.7 Å². The minimum Gasteiger partial charge on any atom is -0.456 e. The minimum absolute atomic E-state index is 0.208. The molecule has 4 aliphatic carbocycles. The van der Waals surface area contributed by atoms with E-state index in [0.717, 1.165) is 122 Å². The Morgan fingerprint density at radius 1 is 0.144 bits per heavy atom. The van der Waals surface area contributed by atoms with Crippen LogP contribution in [0.25, 0.3) is 188 Å². The Morgan fingerprint density at radius 2 is 0.333 bits per heavy atom. The highest BCUT2D eigenvalue weighted by molar-refractivity contribution is 6.11. The molecule has 0 spiro atoms. The molecule has 0 aliphatic heterocycles. The van der Waals surface area contributed by atoms with Gasteiger partial charge in [0.05, 0.1) is 0 Å². The molecule has 132 heavy (non-hydrogen) atoms. The Balaban J connectivity index is 0.000000139. The van der Waals surface area contributed by atoms with E-state index in [1.165, 1.54) is 145 Å². The summed E-state index contributed by atoms with van der Waals surface area (Å²) in [6.45, 7) is 19.1. The predicted molar refractivity (Wildman–Crippen MR) is 549 cm³/mol. The second-order valence-corrected chi connectivity index (χ2v) is 38.6. The number of fused-ring (bicyclic) bond motifs is 24. The van der Waals surface area contributed by atoms with Gasteiger partial charge in [-0.05, 0) is 315 Å². The van der Waals surface area contributed by atoms with Crippen LogP contribution in [-0.4, -0.2) is 0 Å². The zero-order valence-corrected chi connectivity index (χ0v) is 74.6. The molecule has 6 heteroatoms. The van der Waals surface area contributed by atoms with Crippen molar-refractivity contribution in [1.29, 1.82) is 0 Å². The van der Waals surface area contributed by atoms with E-state index in [9.17, 15) is 0 Å². The fourth-order valence-electron chi connectivity index (χ4n) is 22.7. The van der Waals surface area contributed by atoms with Crippen LogP contribution in [-0.2, 0) is 21.7 Å². The number of benzene rings is 19. The van der Waals surface area contributed by atoms with E-state index in [1.807, 2.05) is 48.5 Å². The van der Waals surface area contributed by atoms with Crippen LogP contribution in [0.2, 0.25) is 0 Å². The van der Waals surface area contributed by atoms with E-state index in [1.54, 1.807) is 0 Å². The van der Waals surface area contributed by atoms with Crippen molar-refractivity contribution >= 4 is 122 Å². The molecule has 4 aromatic heterocycles. The van der Waals surface area contributed by atoms with Gasteiger partial charge in [-0.25, -0.2) is 0 Å². The van der Waals surface area contributed by atoms with Gasteiger partial charge in [0.15, 0.2) is 0 Å². The SMILES string of the molecule is CC1(C)c2cc(-c3ccc4oc5ccccc5c4c3)ccc2-c2ccc(N(c3ccc(-c4ccccc4)cc3)c3ccc4c(c3)C(C)(C)c3cc(-c5ccc6oc7ccccc7c6c5)ccc3-4)cc21.CC1(C)c2cc(-c3ccc4oc5ccccc5c4c3)ccc2-c2ccc(N(c3ccccc3)c3ccc4c(c3)C(C)(C)c3cc(-c5ccc6oc7ccccc7c6c5)ccc3-4)cc21. The summed E-state index contributed by atoms with van der Waals surface area (Å²) in [5.41, 5.74) is 46.5. The summed E-state index contributed by atoms with van der Waals surface area (Å²) in [6.07, 6.45) is 0. The van der Waals surface area contributed by atoms with E-state index in [-0.39, 0.29) is 21.7 Å². The lowest BCUT2D eigenvalue weighted by Gasteiger charge is -2.30. The maximum Gasteiger partial charge on any atom is 0.135 e. The second-order valence-electron chi connectivity index (χ2n) is 38.6. The molecule has 628 valence electrons. The highest BCUT2D eigenvalue weighted by Gasteiger charge is 2.42. The molecule has 19 aromatic carbocycles. The third-order valence-electron chi connectivity index (χ3n) is 29.8. The molecule has 4 aliphatic rings. The van der Waals surface area contributed by atoms with Crippen LogP contribution in [0.3, 0.4) is 0 Å². The molecule has 0 N–H and O–H groups in total. The van der Waals surface area contributed by atoms with Gasteiger partial charge in [0, 0.05) is 98.9 Å². The number of hydrogen-bond acceptors (Lipinski definition) is 6. The smallest absolute Gasteiger partial charge is 0.135 e. The minimum atomic E-state index is -0.236. The normalized spacial score (nSPS) is 14.2. The standard InChI is InChI=1S/C66H47NO2.C60H43NO2/c1-65(2)57-36-44(42-22-32-63-55(34-42)53-14-8-10-16-61(53)68-63)20-28-49(57)51-30-26-47(38-59(51)65)67(46-24-18-41(19-25-46)40-12-6-5-7-13-40)48-27-31-52-50-29-21-45(37-58(50)66(3,4)60(52)39-48)43-23-33-64-56(35-43)54-15-9-11-17-62(54)69-64;1-59(2)51-32-38(36-20-28-57-49(30-36)47-14-8-10-16-55(47)62-57)18-24-43(51)45-26-22-41(34-53(45)59)61(40-12-6-5-7-13-40)42-23-27-46-44-25-19-39(33-52(44)60(3,4)54(46)35-42)37-21-29-58-50(31-37)48-15-9-11-17-56(48)63-58/h5-39H,1-4H3;5-35H,1-4H3. The molecule has 0 fully saturated rings. The Labute approximate surface area is 766 Å². The van der Waals surface area contributed by atoms with Crippen molar-refractivity contribution in [2.24, 2.45) is 0 Å². The van der Waals surface area contributed by atoms with Gasteiger partial charge in [-0.15, -0.1) is 0 Å². The van der Waals surface area contributed by atoms with Crippen molar-refractivity contribution in [1.82, 2.24) is 0 Å². The molecular weight excluding hydrogens is 1610 g/mol. The molecule has 0 radical (unpaired) electrons. The molecule has 27 rings (SSSR count). The summed E-state index contributed by atoms with van der Waals surface area (Å²) < 4.78 is 24.7. The van der Waals surface area contributed by atoms with Gasteiger partial charge >= 0.3 is 0 Å². The molecule has 4 heterocycles. The van der Waals surface area contributed by atoms with E-state index in [4.69, 9.17) is 17.7 Å². The van der Waals surface area contributed by atoms with E-state index in [2.05, 4.69) is 417 Å². The molecule has 0 saturated heterocycles. The largest absolute Gasteiger partial charge is 0.456 e. The number of para-hydroxylation sites is 5. The molecule has 0 bridgehead atoms. The van der Waals surface area contributed by atoms with Crippen molar-refractivity contribution in [2.45, 2.75) is 77.0 Å². The van der Waals surface area contributed by atoms with Crippen LogP contribution in [0.15, 0.2) is 418 Å². The fourth-order valence-corrected chi connectivity index (χ4v) is 22.7. The molecule has 0 amide bonds. The van der Waals surface area contributed by atoms with Crippen LogP contribution >= 0.6 is 0 Å². The summed E-state index contributed by atoms with van der Waals surface area (Å²) in [4.78, 5) is 4.89. The van der Waals surface area contributed by atoms with Gasteiger partial charge in [0.25, 0.3) is 0 Å². The average Bonchev–Trinajstić information content (AvgIpc) is 1.57. The predicted octanol–water partition coefficient (Wildman–Crippen LogP) is 35.5. The lowest BCUT2D eigenvalue weighted by atomic mass is 9.81. The number of anilines is 6. The average molecular weight is 1700 g/mol. The van der Waals surface area contributed by atoms with Crippen molar-refractivity contribution in [3.05, 3.63) is 445 Å². The maximum atomic E-state index is 6.19. The monoisotopic (exact) mass is 1690 g/mol. The Hall–Kier alpha value is -16.0. The van der Waals surface area contributed by atoms with E-state index < -0.39 is 0 Å². The van der Waals surface area contributed by atoms with Gasteiger partial charge < -0.3 is 27.5 Å². The number of rotatable bonds is 11. The molecule has 0 unspecified atom stereocenters. The number of furan rings is 4. The summed E-state index contributed by atoms with van der Waals surface area (Å²) in [6, 6.07) is 147. The summed E-state index contributed by atoms with van der Waals surface area (Å²) in [5.74, 6) is 0.